The fraction of sp³-hybridized carbons (Fsp3) is 0.615. The number of likely N-dealkylation sites (tertiary alicyclic amines) is 1. The average molecular weight is 483 g/mol. The van der Waals surface area contributed by atoms with Gasteiger partial charge in [-0.25, -0.2) is 0 Å². The summed E-state index contributed by atoms with van der Waals surface area (Å²) in [5.41, 5.74) is 1.43. The Morgan fingerprint density at radius 1 is 1.20 bits per heavy atom. The zero-order valence-corrected chi connectivity index (χ0v) is 20.6. The highest BCUT2D eigenvalue weighted by Gasteiger charge is 2.71. The van der Waals surface area contributed by atoms with E-state index in [0.717, 1.165) is 24.0 Å². The first-order chi connectivity index (χ1) is 16.7. The van der Waals surface area contributed by atoms with E-state index in [4.69, 9.17) is 0 Å². The number of carbonyl (C=O) groups excluding carboxylic acids is 3. The fourth-order valence-corrected chi connectivity index (χ4v) is 6.71. The van der Waals surface area contributed by atoms with Crippen molar-refractivity contribution in [1.29, 1.82) is 0 Å². The highest BCUT2D eigenvalue weighted by molar-refractivity contribution is 6.01. The molecule has 1 aliphatic carbocycles. The van der Waals surface area contributed by atoms with Crippen LogP contribution in [0, 0.1) is 0 Å². The molecular weight excluding hydrogens is 448 g/mol. The van der Waals surface area contributed by atoms with E-state index in [1.165, 1.54) is 11.8 Å². The Kier molecular flexibility index (Phi) is 5.86. The van der Waals surface area contributed by atoms with Crippen LogP contribution in [0.5, 0.6) is 0 Å². The van der Waals surface area contributed by atoms with Crippen molar-refractivity contribution in [1.82, 2.24) is 19.6 Å². The Morgan fingerprint density at radius 3 is 2.63 bits per heavy atom. The number of hydrogen-bond acceptors (Lipinski definition) is 5. The van der Waals surface area contributed by atoms with E-state index in [1.54, 1.807) is 4.90 Å². The standard InChI is InChI=1S/C26H34N4O5/c1-16(2)28-13-18(30-24(34)19-8-4-5-9-20(19)26(30)12-22(26)28)14-29(17(3)31)21-10-6-7-11-27(25(21)35)15-23(32)33/h4-5,8-9,16,18,21-22H,6-7,10-15H2,1-3H3,(H,32,33)/t18-,21-,22?,26?/m0/s1. The van der Waals surface area contributed by atoms with Crippen LogP contribution in [0.1, 0.15) is 62.4 Å². The molecular formula is C26H34N4O5. The van der Waals surface area contributed by atoms with Crippen molar-refractivity contribution in [3.05, 3.63) is 35.4 Å². The molecule has 2 unspecified atom stereocenters. The summed E-state index contributed by atoms with van der Waals surface area (Å²) in [6.07, 6.45) is 2.81. The van der Waals surface area contributed by atoms with Gasteiger partial charge in [-0.15, -0.1) is 0 Å². The maximum Gasteiger partial charge on any atom is 0.323 e. The molecule has 5 rings (SSSR count). The molecule has 1 N–H and O–H groups in total. The number of piperazine rings is 1. The summed E-state index contributed by atoms with van der Waals surface area (Å²) in [5, 5.41) is 9.28. The lowest BCUT2D eigenvalue weighted by molar-refractivity contribution is -0.149. The third kappa shape index (κ3) is 3.71. The fourth-order valence-electron chi connectivity index (χ4n) is 6.71. The predicted octanol–water partition coefficient (Wildman–Crippen LogP) is 1.52. The molecule has 1 saturated carbocycles. The van der Waals surface area contributed by atoms with Gasteiger partial charge in [-0.1, -0.05) is 18.2 Å². The maximum absolute atomic E-state index is 13.6. The molecule has 9 nitrogen and oxygen atoms in total. The minimum Gasteiger partial charge on any atom is -0.480 e. The monoisotopic (exact) mass is 482 g/mol. The molecule has 4 atom stereocenters. The first-order valence-corrected chi connectivity index (χ1v) is 12.6. The van der Waals surface area contributed by atoms with Crippen molar-refractivity contribution in [2.24, 2.45) is 0 Å². The molecule has 188 valence electrons. The third-order valence-corrected chi connectivity index (χ3v) is 8.29. The number of aliphatic carboxylic acids is 1. The molecule has 3 aliphatic heterocycles. The molecule has 0 aromatic heterocycles. The zero-order chi connectivity index (χ0) is 25.1. The van der Waals surface area contributed by atoms with Crippen LogP contribution in [0.3, 0.4) is 0 Å². The van der Waals surface area contributed by atoms with Crippen LogP contribution in [0.15, 0.2) is 24.3 Å². The number of rotatable bonds is 6. The van der Waals surface area contributed by atoms with Gasteiger partial charge in [-0.2, -0.15) is 0 Å². The largest absolute Gasteiger partial charge is 0.480 e. The van der Waals surface area contributed by atoms with E-state index in [-0.39, 0.29) is 54.5 Å². The summed E-state index contributed by atoms with van der Waals surface area (Å²) in [6, 6.07) is 7.37. The molecule has 0 bridgehead atoms. The van der Waals surface area contributed by atoms with Crippen LogP contribution < -0.4 is 0 Å². The van der Waals surface area contributed by atoms with Gasteiger partial charge in [-0.05, 0) is 51.2 Å². The number of hydrogen-bond donors (Lipinski definition) is 1. The van der Waals surface area contributed by atoms with E-state index in [2.05, 4.69) is 24.8 Å². The van der Waals surface area contributed by atoms with E-state index >= 15 is 0 Å². The minimum atomic E-state index is -1.06. The SMILES string of the molecule is CC(=O)N(C[C@@H]1CN(C(C)C)C2CC23c2ccccc2C(=O)N13)[C@H]1CCCCN(CC(=O)O)C1=O. The lowest BCUT2D eigenvalue weighted by atomic mass is 9.98. The number of fused-ring (bicyclic) bond motifs is 1. The Hall–Kier alpha value is -2.94. The van der Waals surface area contributed by atoms with Gasteiger partial charge in [-0.3, -0.25) is 24.1 Å². The molecule has 3 amide bonds. The van der Waals surface area contributed by atoms with Gasteiger partial charge in [0.15, 0.2) is 0 Å². The molecule has 1 aromatic carbocycles. The molecule has 1 spiro atoms. The van der Waals surface area contributed by atoms with Crippen molar-refractivity contribution >= 4 is 23.7 Å². The van der Waals surface area contributed by atoms with Crippen LogP contribution >= 0.6 is 0 Å². The first kappa shape index (κ1) is 23.8. The topological polar surface area (TPSA) is 101 Å². The highest BCUT2D eigenvalue weighted by atomic mass is 16.4. The van der Waals surface area contributed by atoms with Crippen LogP contribution in [0.25, 0.3) is 0 Å². The molecule has 1 aromatic rings. The second-order valence-corrected chi connectivity index (χ2v) is 10.6. The smallest absolute Gasteiger partial charge is 0.323 e. The van der Waals surface area contributed by atoms with E-state index in [0.29, 0.717) is 25.9 Å². The van der Waals surface area contributed by atoms with Crippen molar-refractivity contribution in [2.45, 2.75) is 76.2 Å². The second-order valence-electron chi connectivity index (χ2n) is 10.6. The number of amides is 3. The summed E-state index contributed by atoms with van der Waals surface area (Å²) in [5.74, 6) is -1.60. The van der Waals surface area contributed by atoms with Crippen molar-refractivity contribution in [3.8, 4) is 0 Å². The summed E-state index contributed by atoms with van der Waals surface area (Å²) in [7, 11) is 0. The van der Waals surface area contributed by atoms with Crippen LogP contribution in [-0.2, 0) is 19.9 Å². The summed E-state index contributed by atoms with van der Waals surface area (Å²) in [4.78, 5) is 58.6. The van der Waals surface area contributed by atoms with Crippen molar-refractivity contribution in [2.75, 3.05) is 26.2 Å². The number of carboxylic acids is 1. The van der Waals surface area contributed by atoms with Crippen LogP contribution in [0.2, 0.25) is 0 Å². The highest BCUT2D eigenvalue weighted by Crippen LogP contribution is 2.62. The van der Waals surface area contributed by atoms with Gasteiger partial charge in [0.1, 0.15) is 12.6 Å². The first-order valence-electron chi connectivity index (χ1n) is 12.6. The number of carboxylic acid groups (broad SMARTS) is 1. The van der Waals surface area contributed by atoms with E-state index in [1.807, 2.05) is 23.1 Å². The van der Waals surface area contributed by atoms with Crippen LogP contribution in [-0.4, -0.2) is 98.7 Å². The average Bonchev–Trinajstić information content (AvgIpc) is 3.53. The van der Waals surface area contributed by atoms with E-state index < -0.39 is 12.0 Å². The van der Waals surface area contributed by atoms with Gasteiger partial charge in [0, 0.05) is 44.2 Å². The quantitative estimate of drug-likeness (QED) is 0.660. The lowest BCUT2D eigenvalue weighted by Crippen LogP contribution is -2.63. The molecule has 4 aliphatic rings. The Morgan fingerprint density at radius 2 is 1.94 bits per heavy atom. The van der Waals surface area contributed by atoms with Gasteiger partial charge >= 0.3 is 5.97 Å². The Balaban J connectivity index is 1.47. The van der Waals surface area contributed by atoms with Gasteiger partial charge < -0.3 is 19.8 Å². The zero-order valence-electron chi connectivity index (χ0n) is 20.6. The van der Waals surface area contributed by atoms with Crippen molar-refractivity contribution < 1.29 is 24.3 Å². The Labute approximate surface area is 205 Å². The summed E-state index contributed by atoms with van der Waals surface area (Å²) < 4.78 is 0. The van der Waals surface area contributed by atoms with Gasteiger partial charge in [0.2, 0.25) is 11.8 Å². The second kappa shape index (κ2) is 8.62. The summed E-state index contributed by atoms with van der Waals surface area (Å²) in [6.45, 7) is 6.67. The minimum absolute atomic E-state index is 0.000273. The molecule has 3 heterocycles. The van der Waals surface area contributed by atoms with Crippen molar-refractivity contribution in [3.63, 3.8) is 0 Å². The molecule has 9 heteroatoms. The number of benzene rings is 1. The molecule has 35 heavy (non-hydrogen) atoms. The van der Waals surface area contributed by atoms with Crippen LogP contribution in [0.4, 0.5) is 0 Å². The van der Waals surface area contributed by atoms with Gasteiger partial charge in [0.05, 0.1) is 11.6 Å². The molecule has 2 saturated heterocycles. The number of carbonyl (C=O) groups is 4. The lowest BCUT2D eigenvalue weighted by Gasteiger charge is -2.47. The molecule has 0 radical (unpaired) electrons. The van der Waals surface area contributed by atoms with E-state index in [9.17, 15) is 24.3 Å². The predicted molar refractivity (Wildman–Crippen MR) is 128 cm³/mol. The third-order valence-electron chi connectivity index (χ3n) is 8.29. The number of nitrogens with zero attached hydrogens (tertiary/aromatic N) is 4. The molecule has 3 fully saturated rings. The summed E-state index contributed by atoms with van der Waals surface area (Å²) >= 11 is 0. The Bertz CT molecular complexity index is 1070. The maximum atomic E-state index is 13.6. The van der Waals surface area contributed by atoms with Gasteiger partial charge in [0.25, 0.3) is 5.91 Å². The normalized spacial score (nSPS) is 30.0.